The summed E-state index contributed by atoms with van der Waals surface area (Å²) in [5, 5.41) is 1.75. The fraction of sp³-hybridized carbons (Fsp3) is 0.529. The molecule has 1 aliphatic carbocycles. The Morgan fingerprint density at radius 2 is 2.23 bits per heavy atom. The van der Waals surface area contributed by atoms with Crippen molar-refractivity contribution in [2.45, 2.75) is 57.1 Å². The first kappa shape index (κ1) is 15.8. The molecule has 3 nitrogen and oxygen atoms in total. The van der Waals surface area contributed by atoms with E-state index in [0.29, 0.717) is 0 Å². The third-order valence-electron chi connectivity index (χ3n) is 4.11. The smallest absolute Gasteiger partial charge is 0.263 e. The van der Waals surface area contributed by atoms with E-state index in [1.807, 2.05) is 10.6 Å². The van der Waals surface area contributed by atoms with Gasteiger partial charge < -0.3 is 0 Å². The molecule has 22 heavy (non-hydrogen) atoms. The van der Waals surface area contributed by atoms with Gasteiger partial charge in [-0.2, -0.15) is 0 Å². The second-order valence-corrected chi connectivity index (χ2v) is 7.77. The van der Waals surface area contributed by atoms with E-state index < -0.39 is 0 Å². The Kier molecular flexibility index (Phi) is 5.03. The van der Waals surface area contributed by atoms with Crippen LogP contribution in [-0.4, -0.2) is 15.3 Å². The Labute approximate surface area is 139 Å². The summed E-state index contributed by atoms with van der Waals surface area (Å²) < 4.78 is 1.89. The number of nitrogens with zero attached hydrogens (tertiary/aromatic N) is 2. The Bertz CT molecular complexity index is 745. The molecule has 2 heterocycles. The largest absolute Gasteiger partial charge is 0.287 e. The SMILES string of the molecule is C=CCSc1nc2sc3c(c2c(=O)n1CCCC)CCCC3. The summed E-state index contributed by atoms with van der Waals surface area (Å²) >= 11 is 3.34. The quantitative estimate of drug-likeness (QED) is 0.446. The van der Waals surface area contributed by atoms with Gasteiger partial charge in [-0.25, -0.2) is 4.98 Å². The van der Waals surface area contributed by atoms with Gasteiger partial charge in [0.25, 0.3) is 5.56 Å². The van der Waals surface area contributed by atoms with Gasteiger partial charge in [0, 0.05) is 17.2 Å². The van der Waals surface area contributed by atoms with Crippen molar-refractivity contribution >= 4 is 33.3 Å². The molecule has 0 atom stereocenters. The van der Waals surface area contributed by atoms with Gasteiger partial charge in [-0.1, -0.05) is 31.2 Å². The predicted octanol–water partition coefficient (Wildman–Crippen LogP) is 4.42. The van der Waals surface area contributed by atoms with Crippen molar-refractivity contribution < 1.29 is 0 Å². The molecular formula is C17H22N2OS2. The molecule has 0 saturated heterocycles. The summed E-state index contributed by atoms with van der Waals surface area (Å²) in [6.45, 7) is 6.69. The molecule has 0 fully saturated rings. The van der Waals surface area contributed by atoms with Crippen LogP contribution in [0.1, 0.15) is 43.0 Å². The summed E-state index contributed by atoms with van der Waals surface area (Å²) in [4.78, 5) is 20.2. The number of aromatic nitrogens is 2. The van der Waals surface area contributed by atoms with Gasteiger partial charge in [0.15, 0.2) is 5.16 Å². The number of thioether (sulfide) groups is 1. The first-order chi connectivity index (χ1) is 10.8. The molecule has 2 aromatic rings. The van der Waals surface area contributed by atoms with E-state index in [0.717, 1.165) is 53.4 Å². The summed E-state index contributed by atoms with van der Waals surface area (Å²) in [7, 11) is 0. The van der Waals surface area contributed by atoms with Gasteiger partial charge in [0.05, 0.1) is 5.39 Å². The summed E-state index contributed by atoms with van der Waals surface area (Å²) in [5.41, 5.74) is 1.46. The molecule has 0 aromatic carbocycles. The fourth-order valence-corrected chi connectivity index (χ4v) is 5.04. The van der Waals surface area contributed by atoms with E-state index >= 15 is 0 Å². The Morgan fingerprint density at radius 1 is 1.41 bits per heavy atom. The van der Waals surface area contributed by atoms with Crippen molar-refractivity contribution in [3.63, 3.8) is 0 Å². The molecule has 0 spiro atoms. The Hall–Kier alpha value is -1.07. The molecule has 0 amide bonds. The van der Waals surface area contributed by atoms with Crippen LogP contribution in [0.2, 0.25) is 0 Å². The molecule has 0 bridgehead atoms. The predicted molar refractivity (Wildman–Crippen MR) is 96.4 cm³/mol. The van der Waals surface area contributed by atoms with Crippen LogP contribution in [0, 0.1) is 0 Å². The van der Waals surface area contributed by atoms with Crippen LogP contribution in [0.5, 0.6) is 0 Å². The number of unbranched alkanes of at least 4 members (excludes halogenated alkanes) is 1. The Morgan fingerprint density at radius 3 is 3.00 bits per heavy atom. The lowest BCUT2D eigenvalue weighted by molar-refractivity contribution is 0.558. The van der Waals surface area contributed by atoms with Gasteiger partial charge in [-0.05, 0) is 37.7 Å². The summed E-state index contributed by atoms with van der Waals surface area (Å²) in [5.74, 6) is 0.787. The number of hydrogen-bond acceptors (Lipinski definition) is 4. The van der Waals surface area contributed by atoms with Crippen LogP contribution in [-0.2, 0) is 19.4 Å². The maximum atomic E-state index is 13.0. The van der Waals surface area contributed by atoms with Crippen LogP contribution < -0.4 is 5.56 Å². The fourth-order valence-electron chi connectivity index (χ4n) is 2.98. The molecule has 0 saturated carbocycles. The second kappa shape index (κ2) is 7.01. The lowest BCUT2D eigenvalue weighted by atomic mass is 9.97. The molecule has 5 heteroatoms. The zero-order valence-electron chi connectivity index (χ0n) is 13.1. The number of hydrogen-bond donors (Lipinski definition) is 0. The first-order valence-corrected chi connectivity index (χ1v) is 9.85. The van der Waals surface area contributed by atoms with E-state index in [4.69, 9.17) is 4.98 Å². The molecule has 0 aliphatic heterocycles. The average molecular weight is 335 g/mol. The van der Waals surface area contributed by atoms with Gasteiger partial charge >= 0.3 is 0 Å². The van der Waals surface area contributed by atoms with Gasteiger partial charge in [0.2, 0.25) is 0 Å². The third-order valence-corrected chi connectivity index (χ3v) is 6.26. The first-order valence-electron chi connectivity index (χ1n) is 8.05. The van der Waals surface area contributed by atoms with Gasteiger partial charge in [0.1, 0.15) is 4.83 Å². The highest BCUT2D eigenvalue weighted by molar-refractivity contribution is 7.99. The Balaban J connectivity index is 2.16. The van der Waals surface area contributed by atoms with E-state index in [2.05, 4.69) is 13.5 Å². The maximum Gasteiger partial charge on any atom is 0.263 e. The summed E-state index contributed by atoms with van der Waals surface area (Å²) in [6, 6.07) is 0. The molecule has 118 valence electrons. The molecule has 0 N–H and O–H groups in total. The van der Waals surface area contributed by atoms with Crippen molar-refractivity contribution in [3.8, 4) is 0 Å². The normalized spacial score (nSPS) is 14.2. The van der Waals surface area contributed by atoms with Gasteiger partial charge in [-0.3, -0.25) is 9.36 Å². The standard InChI is InChI=1S/C17H22N2OS2/c1-3-5-10-19-16(20)14-12-8-6-7-9-13(12)22-15(14)18-17(19)21-11-4-2/h4H,2-3,5-11H2,1H3. The lowest BCUT2D eigenvalue weighted by Crippen LogP contribution is -2.24. The maximum absolute atomic E-state index is 13.0. The third kappa shape index (κ3) is 2.88. The number of thiophene rings is 1. The highest BCUT2D eigenvalue weighted by atomic mass is 32.2. The average Bonchev–Trinajstić information content (AvgIpc) is 2.90. The van der Waals surface area contributed by atoms with E-state index in [1.165, 1.54) is 23.3 Å². The van der Waals surface area contributed by atoms with Crippen LogP contribution in [0.25, 0.3) is 10.2 Å². The van der Waals surface area contributed by atoms with Crippen LogP contribution >= 0.6 is 23.1 Å². The topological polar surface area (TPSA) is 34.9 Å². The minimum absolute atomic E-state index is 0.171. The molecule has 0 unspecified atom stereocenters. The van der Waals surface area contributed by atoms with E-state index in [-0.39, 0.29) is 5.56 Å². The van der Waals surface area contributed by atoms with Crippen LogP contribution in [0.3, 0.4) is 0 Å². The lowest BCUT2D eigenvalue weighted by Gasteiger charge is -2.12. The highest BCUT2D eigenvalue weighted by Gasteiger charge is 2.21. The van der Waals surface area contributed by atoms with E-state index in [9.17, 15) is 4.79 Å². The monoisotopic (exact) mass is 334 g/mol. The van der Waals surface area contributed by atoms with Crippen LogP contribution in [0.4, 0.5) is 0 Å². The second-order valence-electron chi connectivity index (χ2n) is 5.70. The number of rotatable bonds is 6. The van der Waals surface area contributed by atoms with Crippen molar-refractivity contribution in [2.75, 3.05) is 5.75 Å². The van der Waals surface area contributed by atoms with Crippen molar-refractivity contribution in [2.24, 2.45) is 0 Å². The number of aryl methyl sites for hydroxylation is 2. The van der Waals surface area contributed by atoms with Crippen LogP contribution in [0.15, 0.2) is 22.6 Å². The van der Waals surface area contributed by atoms with E-state index in [1.54, 1.807) is 23.1 Å². The number of fused-ring (bicyclic) bond motifs is 3. The molecular weight excluding hydrogens is 312 g/mol. The zero-order chi connectivity index (χ0) is 15.5. The van der Waals surface area contributed by atoms with Crippen molar-refractivity contribution in [3.05, 3.63) is 33.4 Å². The zero-order valence-corrected chi connectivity index (χ0v) is 14.7. The molecule has 1 aliphatic rings. The minimum Gasteiger partial charge on any atom is -0.287 e. The molecule has 0 radical (unpaired) electrons. The highest BCUT2D eigenvalue weighted by Crippen LogP contribution is 2.34. The van der Waals surface area contributed by atoms with Crippen molar-refractivity contribution in [1.82, 2.24) is 9.55 Å². The van der Waals surface area contributed by atoms with Crippen molar-refractivity contribution in [1.29, 1.82) is 0 Å². The minimum atomic E-state index is 0.171. The van der Waals surface area contributed by atoms with Gasteiger partial charge in [-0.15, -0.1) is 17.9 Å². The summed E-state index contributed by atoms with van der Waals surface area (Å²) in [6.07, 6.45) is 8.55. The molecule has 2 aromatic heterocycles. The molecule has 3 rings (SSSR count).